The molecule has 0 atom stereocenters. The molecule has 2 N–H and O–H groups in total. The Labute approximate surface area is 79.0 Å². The smallest absolute Gasteiger partial charge is 0.224 e. The maximum Gasteiger partial charge on any atom is 0.224 e. The van der Waals surface area contributed by atoms with Crippen LogP contribution in [0.2, 0.25) is 0 Å². The lowest BCUT2D eigenvalue weighted by molar-refractivity contribution is 0.0952. The summed E-state index contributed by atoms with van der Waals surface area (Å²) in [6, 6.07) is 6.02. The molecule has 1 aliphatic carbocycles. The van der Waals surface area contributed by atoms with Crippen molar-refractivity contribution in [2.24, 2.45) is 5.73 Å². The fourth-order valence-corrected chi connectivity index (χ4v) is 1.36. The molecule has 0 heterocycles. The van der Waals surface area contributed by atoms with Crippen LogP contribution in [0, 0.1) is 0 Å². The number of allylic oxidation sites excluding steroid dienone is 2. The molecule has 14 heavy (non-hydrogen) atoms. The van der Waals surface area contributed by atoms with E-state index in [0.717, 1.165) is 0 Å². The van der Waals surface area contributed by atoms with Gasteiger partial charge in [0.25, 0.3) is 0 Å². The van der Waals surface area contributed by atoms with Gasteiger partial charge < -0.3 is 5.73 Å². The number of fused-ring (bicyclic) bond motifs is 1. The van der Waals surface area contributed by atoms with E-state index in [4.69, 9.17) is 5.73 Å². The van der Waals surface area contributed by atoms with Gasteiger partial charge in [0, 0.05) is 11.1 Å². The summed E-state index contributed by atoms with van der Waals surface area (Å²) in [6.45, 7) is 0. The molecule has 70 valence electrons. The first-order valence-electron chi connectivity index (χ1n) is 3.96. The number of halogens is 1. The summed E-state index contributed by atoms with van der Waals surface area (Å²) in [4.78, 5) is 22.7. The highest BCUT2D eigenvalue weighted by atomic mass is 19.1. The molecule has 0 unspecified atom stereocenters. The molecule has 0 amide bonds. The molecule has 2 rings (SSSR count). The Morgan fingerprint density at radius 3 is 2.07 bits per heavy atom. The lowest BCUT2D eigenvalue weighted by Crippen LogP contribution is -2.24. The summed E-state index contributed by atoms with van der Waals surface area (Å²) >= 11 is 0. The average Bonchev–Trinajstić information content (AvgIpc) is 2.23. The van der Waals surface area contributed by atoms with E-state index in [-0.39, 0.29) is 11.1 Å². The number of benzene rings is 1. The van der Waals surface area contributed by atoms with Crippen LogP contribution in [-0.2, 0) is 0 Å². The lowest BCUT2D eigenvalue weighted by Gasteiger charge is -2.12. The minimum absolute atomic E-state index is 0.0733. The van der Waals surface area contributed by atoms with Gasteiger partial charge in [-0.2, -0.15) is 0 Å². The Bertz CT molecular complexity index is 434. The highest BCUT2D eigenvalue weighted by Gasteiger charge is 2.30. The quantitative estimate of drug-likeness (QED) is 0.670. The molecule has 0 fully saturated rings. The number of carbonyl (C=O) groups excluding carboxylic acids is 2. The lowest BCUT2D eigenvalue weighted by atomic mass is 9.92. The van der Waals surface area contributed by atoms with Crippen molar-refractivity contribution < 1.29 is 14.0 Å². The zero-order valence-corrected chi connectivity index (χ0v) is 7.08. The fourth-order valence-electron chi connectivity index (χ4n) is 1.36. The van der Waals surface area contributed by atoms with E-state index in [0.29, 0.717) is 0 Å². The normalized spacial score (nSPS) is 15.8. The van der Waals surface area contributed by atoms with Gasteiger partial charge >= 0.3 is 0 Å². The summed E-state index contributed by atoms with van der Waals surface area (Å²) in [5.41, 5.74) is 4.79. The van der Waals surface area contributed by atoms with Crippen LogP contribution >= 0.6 is 0 Å². The zero-order chi connectivity index (χ0) is 10.3. The van der Waals surface area contributed by atoms with Crippen LogP contribution in [0.25, 0.3) is 0 Å². The maximum absolute atomic E-state index is 13.1. The van der Waals surface area contributed by atoms with Gasteiger partial charge in [-0.15, -0.1) is 0 Å². The standard InChI is InChI=1S/C10H6FNO2/c11-7-8(12)10(14)6-4-2-1-3-5(6)9(7)13/h1-4H,12H2. The summed E-state index contributed by atoms with van der Waals surface area (Å²) in [5, 5.41) is 0. The van der Waals surface area contributed by atoms with Gasteiger partial charge in [-0.3, -0.25) is 9.59 Å². The molecule has 4 heteroatoms. The molecular formula is C10H6FNO2. The Balaban J connectivity index is 2.73. The van der Waals surface area contributed by atoms with Crippen molar-refractivity contribution in [2.75, 3.05) is 0 Å². The fraction of sp³-hybridized carbons (Fsp3) is 0. The minimum Gasteiger partial charge on any atom is -0.393 e. The number of Topliss-reactive ketones (excluding diaryl/α,β-unsaturated/α-hetero) is 2. The van der Waals surface area contributed by atoms with E-state index in [9.17, 15) is 14.0 Å². The van der Waals surface area contributed by atoms with E-state index in [1.54, 1.807) is 12.1 Å². The highest BCUT2D eigenvalue weighted by Crippen LogP contribution is 2.24. The van der Waals surface area contributed by atoms with Crippen LogP contribution in [0.1, 0.15) is 20.7 Å². The topological polar surface area (TPSA) is 60.2 Å². The molecule has 0 aliphatic heterocycles. The Morgan fingerprint density at radius 2 is 1.50 bits per heavy atom. The van der Waals surface area contributed by atoms with E-state index in [1.165, 1.54) is 12.1 Å². The van der Waals surface area contributed by atoms with E-state index < -0.39 is 23.1 Å². The van der Waals surface area contributed by atoms with Crippen LogP contribution in [0.5, 0.6) is 0 Å². The number of hydrogen-bond acceptors (Lipinski definition) is 3. The molecule has 0 saturated carbocycles. The highest BCUT2D eigenvalue weighted by molar-refractivity contribution is 6.25. The van der Waals surface area contributed by atoms with Gasteiger partial charge in [-0.25, -0.2) is 4.39 Å². The minimum atomic E-state index is -1.16. The van der Waals surface area contributed by atoms with Crippen molar-refractivity contribution in [2.45, 2.75) is 0 Å². The Kier molecular flexibility index (Phi) is 1.70. The monoisotopic (exact) mass is 191 g/mol. The largest absolute Gasteiger partial charge is 0.393 e. The molecule has 0 bridgehead atoms. The second kappa shape index (κ2) is 2.77. The SMILES string of the molecule is NC1=C(F)C(=O)c2ccccc2C1=O. The molecule has 0 aromatic heterocycles. The third-order valence-corrected chi connectivity index (χ3v) is 2.10. The molecule has 0 radical (unpaired) electrons. The number of nitrogens with two attached hydrogens (primary N) is 1. The van der Waals surface area contributed by atoms with Gasteiger partial charge in [-0.1, -0.05) is 24.3 Å². The van der Waals surface area contributed by atoms with Crippen LogP contribution in [0.3, 0.4) is 0 Å². The van der Waals surface area contributed by atoms with Gasteiger partial charge in [0.1, 0.15) is 5.70 Å². The van der Waals surface area contributed by atoms with Crippen LogP contribution < -0.4 is 5.73 Å². The molecule has 1 aliphatic rings. The Morgan fingerprint density at radius 1 is 1.00 bits per heavy atom. The molecule has 3 nitrogen and oxygen atoms in total. The van der Waals surface area contributed by atoms with Crippen molar-refractivity contribution >= 4 is 11.6 Å². The first-order chi connectivity index (χ1) is 6.63. The van der Waals surface area contributed by atoms with Gasteiger partial charge in [0.05, 0.1) is 0 Å². The summed E-state index contributed by atoms with van der Waals surface area (Å²) in [6.07, 6.45) is 0. The third-order valence-electron chi connectivity index (χ3n) is 2.10. The van der Waals surface area contributed by atoms with Crippen molar-refractivity contribution in [3.05, 3.63) is 46.9 Å². The molecular weight excluding hydrogens is 185 g/mol. The zero-order valence-electron chi connectivity index (χ0n) is 7.08. The summed E-state index contributed by atoms with van der Waals surface area (Å²) in [5.74, 6) is -2.61. The first-order valence-corrected chi connectivity index (χ1v) is 3.96. The van der Waals surface area contributed by atoms with Crippen LogP contribution in [0.4, 0.5) is 4.39 Å². The van der Waals surface area contributed by atoms with Crippen molar-refractivity contribution in [1.82, 2.24) is 0 Å². The second-order valence-corrected chi connectivity index (χ2v) is 2.93. The predicted octanol–water partition coefficient (Wildman–Crippen LogP) is 1.21. The second-order valence-electron chi connectivity index (χ2n) is 2.93. The summed E-state index contributed by atoms with van der Waals surface area (Å²) in [7, 11) is 0. The Hall–Kier alpha value is -1.97. The maximum atomic E-state index is 13.1. The predicted molar refractivity (Wildman–Crippen MR) is 47.4 cm³/mol. The van der Waals surface area contributed by atoms with E-state index in [2.05, 4.69) is 0 Å². The van der Waals surface area contributed by atoms with Gasteiger partial charge in [-0.05, 0) is 0 Å². The van der Waals surface area contributed by atoms with Gasteiger partial charge in [0.15, 0.2) is 5.83 Å². The molecule has 0 saturated heterocycles. The van der Waals surface area contributed by atoms with Crippen LogP contribution in [-0.4, -0.2) is 11.6 Å². The number of hydrogen-bond donors (Lipinski definition) is 1. The van der Waals surface area contributed by atoms with Crippen molar-refractivity contribution in [3.8, 4) is 0 Å². The van der Waals surface area contributed by atoms with Crippen LogP contribution in [0.15, 0.2) is 35.8 Å². The molecule has 1 aromatic rings. The average molecular weight is 191 g/mol. The summed E-state index contributed by atoms with van der Waals surface area (Å²) < 4.78 is 13.1. The molecule has 0 spiro atoms. The number of rotatable bonds is 0. The number of ketones is 2. The third kappa shape index (κ3) is 0.970. The molecule has 1 aromatic carbocycles. The first kappa shape index (κ1) is 8.62. The van der Waals surface area contributed by atoms with Crippen molar-refractivity contribution in [3.63, 3.8) is 0 Å². The van der Waals surface area contributed by atoms with E-state index >= 15 is 0 Å². The van der Waals surface area contributed by atoms with Crippen molar-refractivity contribution in [1.29, 1.82) is 0 Å². The van der Waals surface area contributed by atoms with E-state index in [1.807, 2.05) is 0 Å². The van der Waals surface area contributed by atoms with Gasteiger partial charge in [0.2, 0.25) is 11.6 Å². The number of carbonyl (C=O) groups is 2.